The maximum Gasteiger partial charge on any atom is 0.239 e. The van der Waals surface area contributed by atoms with Crippen molar-refractivity contribution in [1.82, 2.24) is 4.31 Å². The Morgan fingerprint density at radius 3 is 2.22 bits per heavy atom. The van der Waals surface area contributed by atoms with Crippen LogP contribution in [0.1, 0.15) is 25.7 Å². The molecule has 6 nitrogen and oxygen atoms in total. The molecule has 0 aromatic heterocycles. The lowest BCUT2D eigenvalue weighted by molar-refractivity contribution is -0.116. The number of hydrogen-bond acceptors (Lipinski definition) is 4. The Kier molecular flexibility index (Phi) is 5.64. The minimum atomic E-state index is -3.39. The molecule has 2 rings (SSSR count). The summed E-state index contributed by atoms with van der Waals surface area (Å²) in [6.45, 7) is -0.126. The molecule has 0 radical (unpaired) electrons. The molecule has 128 valence electrons. The number of amides is 1. The summed E-state index contributed by atoms with van der Waals surface area (Å²) >= 11 is 0. The molecule has 1 aliphatic rings. The van der Waals surface area contributed by atoms with E-state index in [1.807, 2.05) is 43.3 Å². The summed E-state index contributed by atoms with van der Waals surface area (Å²) in [4.78, 5) is 14.2. The van der Waals surface area contributed by atoms with Gasteiger partial charge in [0.25, 0.3) is 0 Å². The van der Waals surface area contributed by atoms with Crippen molar-refractivity contribution in [2.45, 2.75) is 31.7 Å². The molecule has 0 unspecified atom stereocenters. The van der Waals surface area contributed by atoms with Gasteiger partial charge in [-0.2, -0.15) is 4.31 Å². The van der Waals surface area contributed by atoms with Crippen LogP contribution in [0.15, 0.2) is 24.3 Å². The Hall–Kier alpha value is -1.60. The molecule has 1 aromatic carbocycles. The second-order valence-corrected chi connectivity index (χ2v) is 8.17. The molecule has 0 aliphatic heterocycles. The fraction of sp³-hybridized carbons (Fsp3) is 0.562. The molecule has 0 atom stereocenters. The second kappa shape index (κ2) is 7.31. The summed E-state index contributed by atoms with van der Waals surface area (Å²) in [5.74, 6) is -0.306. The third-order valence-corrected chi connectivity index (χ3v) is 5.40. The second-order valence-electron chi connectivity index (χ2n) is 6.24. The van der Waals surface area contributed by atoms with Crippen molar-refractivity contribution in [1.29, 1.82) is 0 Å². The van der Waals surface area contributed by atoms with E-state index in [1.54, 1.807) is 0 Å². The molecule has 1 aliphatic carbocycles. The van der Waals surface area contributed by atoms with Crippen LogP contribution in [0, 0.1) is 0 Å². The van der Waals surface area contributed by atoms with Crippen LogP contribution >= 0.6 is 0 Å². The number of benzene rings is 1. The number of sulfonamides is 1. The number of nitrogens with one attached hydrogen (secondary N) is 1. The van der Waals surface area contributed by atoms with Crippen molar-refractivity contribution in [2.75, 3.05) is 37.1 Å². The van der Waals surface area contributed by atoms with Crippen LogP contribution in [0.25, 0.3) is 0 Å². The van der Waals surface area contributed by atoms with Gasteiger partial charge in [0.2, 0.25) is 15.9 Å². The van der Waals surface area contributed by atoms with Gasteiger partial charge < -0.3 is 10.2 Å². The lowest BCUT2D eigenvalue weighted by Gasteiger charge is -2.25. The van der Waals surface area contributed by atoms with Gasteiger partial charge in [0.05, 0.1) is 12.8 Å². The van der Waals surface area contributed by atoms with Gasteiger partial charge in [0.1, 0.15) is 0 Å². The normalized spacial score (nSPS) is 15.8. The van der Waals surface area contributed by atoms with E-state index in [0.717, 1.165) is 31.4 Å². The van der Waals surface area contributed by atoms with E-state index in [-0.39, 0.29) is 18.5 Å². The maximum atomic E-state index is 12.2. The minimum absolute atomic E-state index is 0.0492. The summed E-state index contributed by atoms with van der Waals surface area (Å²) in [5, 5.41) is 2.77. The van der Waals surface area contributed by atoms with E-state index in [1.165, 1.54) is 10.6 Å². The minimum Gasteiger partial charge on any atom is -0.378 e. The molecule has 0 saturated heterocycles. The van der Waals surface area contributed by atoms with Gasteiger partial charge in [-0.05, 0) is 37.1 Å². The number of hydrogen-bond donors (Lipinski definition) is 1. The SMILES string of the molecule is CN(C)c1ccc(NC(=O)CN(C2CCCC2)S(C)(=O)=O)cc1. The standard InChI is InChI=1S/C16H25N3O3S/c1-18(2)14-10-8-13(9-11-14)17-16(20)12-19(23(3,21)22)15-6-4-5-7-15/h8-11,15H,4-7,12H2,1-3H3,(H,17,20). The van der Waals surface area contributed by atoms with E-state index in [4.69, 9.17) is 0 Å². The van der Waals surface area contributed by atoms with Crippen molar-refractivity contribution in [3.05, 3.63) is 24.3 Å². The van der Waals surface area contributed by atoms with Crippen LogP contribution in [0.4, 0.5) is 11.4 Å². The average Bonchev–Trinajstić information content (AvgIpc) is 2.98. The van der Waals surface area contributed by atoms with Crippen molar-refractivity contribution in [3.8, 4) is 0 Å². The fourth-order valence-electron chi connectivity index (χ4n) is 2.89. The Morgan fingerprint density at radius 1 is 1.17 bits per heavy atom. The quantitative estimate of drug-likeness (QED) is 0.859. The molecule has 0 spiro atoms. The highest BCUT2D eigenvalue weighted by molar-refractivity contribution is 7.88. The lowest BCUT2D eigenvalue weighted by atomic mass is 10.2. The first kappa shape index (κ1) is 17.7. The predicted octanol–water partition coefficient (Wildman–Crippen LogP) is 1.90. The van der Waals surface area contributed by atoms with Crippen LogP contribution in [0.2, 0.25) is 0 Å². The maximum absolute atomic E-state index is 12.2. The fourth-order valence-corrected chi connectivity index (χ4v) is 4.00. The Bertz CT molecular complexity index is 635. The summed E-state index contributed by atoms with van der Waals surface area (Å²) in [6.07, 6.45) is 4.87. The van der Waals surface area contributed by atoms with Crippen molar-refractivity contribution in [2.24, 2.45) is 0 Å². The Labute approximate surface area is 138 Å². The van der Waals surface area contributed by atoms with Crippen molar-refractivity contribution in [3.63, 3.8) is 0 Å². The summed E-state index contributed by atoms with van der Waals surface area (Å²) in [6, 6.07) is 7.38. The van der Waals surface area contributed by atoms with Crippen LogP contribution in [0.5, 0.6) is 0 Å². The summed E-state index contributed by atoms with van der Waals surface area (Å²) in [5.41, 5.74) is 1.70. The van der Waals surface area contributed by atoms with Crippen molar-refractivity contribution >= 4 is 27.3 Å². The zero-order valence-corrected chi connectivity index (χ0v) is 14.8. The molecule has 1 amide bonds. The van der Waals surface area contributed by atoms with E-state index in [0.29, 0.717) is 5.69 Å². The molecule has 1 fully saturated rings. The zero-order chi connectivity index (χ0) is 17.0. The van der Waals surface area contributed by atoms with Crippen LogP contribution in [-0.4, -0.2) is 51.6 Å². The van der Waals surface area contributed by atoms with Gasteiger partial charge in [-0.1, -0.05) is 12.8 Å². The van der Waals surface area contributed by atoms with Crippen LogP contribution in [0.3, 0.4) is 0 Å². The molecular formula is C16H25N3O3S. The largest absolute Gasteiger partial charge is 0.378 e. The van der Waals surface area contributed by atoms with Crippen LogP contribution in [-0.2, 0) is 14.8 Å². The van der Waals surface area contributed by atoms with Gasteiger partial charge in [0.15, 0.2) is 0 Å². The summed E-state index contributed by atoms with van der Waals surface area (Å²) < 4.78 is 25.3. The first-order valence-electron chi connectivity index (χ1n) is 7.81. The molecule has 0 bridgehead atoms. The summed E-state index contributed by atoms with van der Waals surface area (Å²) in [7, 11) is 0.499. The van der Waals surface area contributed by atoms with E-state index in [2.05, 4.69) is 5.32 Å². The van der Waals surface area contributed by atoms with E-state index < -0.39 is 10.0 Å². The van der Waals surface area contributed by atoms with Crippen molar-refractivity contribution < 1.29 is 13.2 Å². The Morgan fingerprint density at radius 2 is 1.74 bits per heavy atom. The number of rotatable bonds is 6. The highest BCUT2D eigenvalue weighted by Gasteiger charge is 2.30. The zero-order valence-electron chi connectivity index (χ0n) is 13.9. The molecule has 7 heteroatoms. The molecule has 1 aromatic rings. The number of carbonyl (C=O) groups excluding carboxylic acids is 1. The number of carbonyl (C=O) groups is 1. The monoisotopic (exact) mass is 339 g/mol. The first-order chi connectivity index (χ1) is 10.8. The highest BCUT2D eigenvalue weighted by atomic mass is 32.2. The first-order valence-corrected chi connectivity index (χ1v) is 9.66. The van der Waals surface area contributed by atoms with E-state index >= 15 is 0 Å². The topological polar surface area (TPSA) is 69.7 Å². The molecule has 1 saturated carbocycles. The van der Waals surface area contributed by atoms with Gasteiger partial charge in [-0.15, -0.1) is 0 Å². The highest BCUT2D eigenvalue weighted by Crippen LogP contribution is 2.25. The van der Waals surface area contributed by atoms with E-state index in [9.17, 15) is 13.2 Å². The molecular weight excluding hydrogens is 314 g/mol. The Balaban J connectivity index is 2.01. The average molecular weight is 339 g/mol. The van der Waals surface area contributed by atoms with Gasteiger partial charge in [0, 0.05) is 31.5 Å². The van der Waals surface area contributed by atoms with Gasteiger partial charge in [-0.3, -0.25) is 4.79 Å². The third-order valence-electron chi connectivity index (χ3n) is 4.12. The smallest absolute Gasteiger partial charge is 0.239 e. The lowest BCUT2D eigenvalue weighted by Crippen LogP contribution is -2.43. The van der Waals surface area contributed by atoms with Gasteiger partial charge in [-0.25, -0.2) is 8.42 Å². The molecule has 1 N–H and O–H groups in total. The third kappa shape index (κ3) is 4.94. The predicted molar refractivity (Wildman–Crippen MR) is 93.2 cm³/mol. The number of anilines is 2. The number of nitrogens with zero attached hydrogens (tertiary/aromatic N) is 2. The molecule has 0 heterocycles. The van der Waals surface area contributed by atoms with Crippen LogP contribution < -0.4 is 10.2 Å². The van der Waals surface area contributed by atoms with Gasteiger partial charge >= 0.3 is 0 Å². The molecule has 23 heavy (non-hydrogen) atoms.